The van der Waals surface area contributed by atoms with Gasteiger partial charge in [0, 0.05) is 10.7 Å². The molecule has 1 aromatic heterocycles. The number of rotatable bonds is 2. The fourth-order valence-electron chi connectivity index (χ4n) is 3.57. The van der Waals surface area contributed by atoms with Gasteiger partial charge in [-0.15, -0.1) is 0 Å². The van der Waals surface area contributed by atoms with Crippen LogP contribution in [0.2, 0.25) is 0 Å². The van der Waals surface area contributed by atoms with E-state index in [2.05, 4.69) is 32.4 Å². The summed E-state index contributed by atoms with van der Waals surface area (Å²) in [4.78, 5) is 29.4. The van der Waals surface area contributed by atoms with Crippen LogP contribution in [0, 0.1) is 17.1 Å². The van der Waals surface area contributed by atoms with Crippen LogP contribution in [-0.2, 0) is 14.9 Å². The Morgan fingerprint density at radius 2 is 1.77 bits per heavy atom. The van der Waals surface area contributed by atoms with Crippen molar-refractivity contribution in [3.05, 3.63) is 28.2 Å². The molecule has 1 heterocycles. The van der Waals surface area contributed by atoms with Crippen LogP contribution in [0.4, 0.5) is 14.0 Å². The first-order valence-electron chi connectivity index (χ1n) is 9.76. The molecule has 0 bridgehead atoms. The van der Waals surface area contributed by atoms with Crippen molar-refractivity contribution in [2.75, 3.05) is 0 Å². The van der Waals surface area contributed by atoms with Crippen LogP contribution in [-0.4, -0.2) is 38.9 Å². The smallest absolute Gasteiger partial charge is 0.429 e. The lowest BCUT2D eigenvalue weighted by molar-refractivity contribution is -0.0656. The van der Waals surface area contributed by atoms with Crippen molar-refractivity contribution < 1.29 is 23.5 Å². The third-order valence-electron chi connectivity index (χ3n) is 4.56. The Morgan fingerprint density at radius 3 is 2.23 bits per heavy atom. The van der Waals surface area contributed by atoms with Crippen molar-refractivity contribution >= 4 is 28.1 Å². The van der Waals surface area contributed by atoms with Crippen LogP contribution in [0.5, 0.6) is 0 Å². The highest BCUT2D eigenvalue weighted by molar-refractivity contribution is 9.10. The molecular weight excluding hydrogens is 471 g/mol. The predicted molar refractivity (Wildman–Crippen MR) is 114 cm³/mol. The van der Waals surface area contributed by atoms with E-state index in [0.717, 1.165) is 5.01 Å². The zero-order valence-electron chi connectivity index (χ0n) is 18.8. The van der Waals surface area contributed by atoms with Crippen molar-refractivity contribution in [2.24, 2.45) is 0 Å². The molecule has 2 amide bonds. The number of pyridine rings is 1. The summed E-state index contributed by atoms with van der Waals surface area (Å²) in [5.41, 5.74) is -1.46. The van der Waals surface area contributed by atoms with Crippen molar-refractivity contribution in [2.45, 2.75) is 83.5 Å². The van der Waals surface area contributed by atoms with Gasteiger partial charge in [0.2, 0.25) is 0 Å². The zero-order valence-corrected chi connectivity index (χ0v) is 20.4. The molecular formula is C21H28BrFN4O4. The van der Waals surface area contributed by atoms with Crippen LogP contribution in [0.15, 0.2) is 16.7 Å². The number of hydrazine groups is 1. The summed E-state index contributed by atoms with van der Waals surface area (Å²) in [5, 5.41) is 10.9. The Hall–Kier alpha value is -2.41. The second-order valence-electron chi connectivity index (χ2n) is 9.96. The summed E-state index contributed by atoms with van der Waals surface area (Å²) in [6.45, 7) is 11.8. The zero-order chi connectivity index (χ0) is 23.8. The van der Waals surface area contributed by atoms with Crippen LogP contribution in [0.25, 0.3) is 0 Å². The van der Waals surface area contributed by atoms with Crippen LogP contribution in [0.1, 0.15) is 67.0 Å². The molecule has 1 saturated carbocycles. The Kier molecular flexibility index (Phi) is 6.62. The number of hydrogen-bond donors (Lipinski definition) is 1. The Bertz CT molecular complexity index is 911. The minimum Gasteiger partial charge on any atom is -0.443 e. The Morgan fingerprint density at radius 1 is 1.23 bits per heavy atom. The van der Waals surface area contributed by atoms with Gasteiger partial charge in [0.15, 0.2) is 0 Å². The van der Waals surface area contributed by atoms with Gasteiger partial charge in [-0.25, -0.2) is 24.4 Å². The van der Waals surface area contributed by atoms with E-state index < -0.39 is 40.2 Å². The fraction of sp³-hybridized carbons (Fsp3) is 0.619. The number of carbonyl (C=O) groups excluding carboxylic acids is 2. The van der Waals surface area contributed by atoms with Crippen LogP contribution >= 0.6 is 15.9 Å². The minimum atomic E-state index is -1.25. The topological polar surface area (TPSA) is 105 Å². The largest absolute Gasteiger partial charge is 0.443 e. The van der Waals surface area contributed by atoms with Crippen LogP contribution < -0.4 is 5.43 Å². The molecule has 0 spiro atoms. The van der Waals surface area contributed by atoms with E-state index in [1.165, 1.54) is 12.3 Å². The van der Waals surface area contributed by atoms with E-state index in [1.807, 2.05) is 0 Å². The summed E-state index contributed by atoms with van der Waals surface area (Å²) < 4.78 is 25.7. The van der Waals surface area contributed by atoms with Crippen molar-refractivity contribution in [3.63, 3.8) is 0 Å². The lowest BCUT2D eigenvalue weighted by atomic mass is 9.56. The standard InChI is InChI=1S/C21H28BrFN4O4/c1-18(2,3)30-16(28)26-27(17(29)31-19(4,5)6)20(7)10-21(11-20,12-24)15-14(23)8-13(22)9-25-15/h8-9H,10-11H2,1-7H3,(H,26,28). The monoisotopic (exact) mass is 498 g/mol. The van der Waals surface area contributed by atoms with Crippen molar-refractivity contribution in [3.8, 4) is 6.07 Å². The highest BCUT2D eigenvalue weighted by Crippen LogP contribution is 2.52. The first kappa shape index (κ1) is 24.9. The molecule has 31 heavy (non-hydrogen) atoms. The normalized spacial score (nSPS) is 23.2. The third-order valence-corrected chi connectivity index (χ3v) is 4.99. The van der Waals surface area contributed by atoms with Crippen molar-refractivity contribution in [1.29, 1.82) is 5.26 Å². The second-order valence-corrected chi connectivity index (χ2v) is 10.9. The number of hydrogen-bond acceptors (Lipinski definition) is 6. The van der Waals surface area contributed by atoms with Gasteiger partial charge in [0.25, 0.3) is 0 Å². The molecule has 8 nitrogen and oxygen atoms in total. The quantitative estimate of drug-likeness (QED) is 0.576. The van der Waals surface area contributed by atoms with Gasteiger partial charge in [-0.05, 0) is 83.3 Å². The van der Waals surface area contributed by atoms with Gasteiger partial charge in [-0.1, -0.05) is 0 Å². The van der Waals surface area contributed by atoms with E-state index >= 15 is 0 Å². The number of halogens is 2. The first-order chi connectivity index (χ1) is 14.0. The van der Waals surface area contributed by atoms with Crippen LogP contribution in [0.3, 0.4) is 0 Å². The molecule has 1 aliphatic rings. The molecule has 1 fully saturated rings. The predicted octanol–water partition coefficient (Wildman–Crippen LogP) is 4.97. The molecule has 0 saturated heterocycles. The van der Waals surface area contributed by atoms with E-state index in [4.69, 9.17) is 9.47 Å². The number of amides is 2. The molecule has 1 N–H and O–H groups in total. The lowest BCUT2D eigenvalue weighted by Gasteiger charge is -2.54. The summed E-state index contributed by atoms with van der Waals surface area (Å²) in [6, 6.07) is 3.38. The molecule has 0 aliphatic heterocycles. The van der Waals surface area contributed by atoms with Gasteiger partial charge in [-0.2, -0.15) is 5.26 Å². The summed E-state index contributed by atoms with van der Waals surface area (Å²) in [5.74, 6) is -0.623. The van der Waals surface area contributed by atoms with Gasteiger partial charge in [0.1, 0.15) is 22.4 Å². The number of nitriles is 1. The molecule has 170 valence electrons. The highest BCUT2D eigenvalue weighted by Gasteiger charge is 2.60. The van der Waals surface area contributed by atoms with E-state index in [-0.39, 0.29) is 18.5 Å². The maximum atomic E-state index is 14.5. The maximum Gasteiger partial charge on any atom is 0.429 e. The van der Waals surface area contributed by atoms with E-state index in [1.54, 1.807) is 48.5 Å². The lowest BCUT2D eigenvalue weighted by Crippen LogP contribution is -2.68. The Labute approximate surface area is 190 Å². The fourth-order valence-corrected chi connectivity index (χ4v) is 3.88. The average molecular weight is 499 g/mol. The third kappa shape index (κ3) is 5.85. The van der Waals surface area contributed by atoms with Gasteiger partial charge in [-0.3, -0.25) is 4.98 Å². The average Bonchev–Trinajstić information content (AvgIpc) is 2.53. The highest BCUT2D eigenvalue weighted by atomic mass is 79.9. The number of aromatic nitrogens is 1. The first-order valence-corrected chi connectivity index (χ1v) is 10.6. The molecule has 10 heteroatoms. The number of nitrogens with zero attached hydrogens (tertiary/aromatic N) is 3. The number of nitrogens with one attached hydrogen (secondary N) is 1. The van der Waals surface area contributed by atoms with E-state index in [9.17, 15) is 19.2 Å². The molecule has 1 aliphatic carbocycles. The molecule has 0 radical (unpaired) electrons. The Balaban J connectivity index is 2.34. The number of carbonyl (C=O) groups is 2. The SMILES string of the molecule is CC(C)(C)OC(=O)NN(C(=O)OC(C)(C)C)C1(C)CC(C#N)(c2ncc(Br)cc2F)C1. The van der Waals surface area contributed by atoms with Gasteiger partial charge >= 0.3 is 12.2 Å². The summed E-state index contributed by atoms with van der Waals surface area (Å²) in [7, 11) is 0. The molecule has 0 unspecified atom stereocenters. The summed E-state index contributed by atoms with van der Waals surface area (Å²) in [6.07, 6.45) is -0.162. The van der Waals surface area contributed by atoms with Crippen molar-refractivity contribution in [1.82, 2.24) is 15.4 Å². The molecule has 1 aromatic rings. The van der Waals surface area contributed by atoms with Gasteiger partial charge in [0.05, 0.1) is 17.3 Å². The van der Waals surface area contributed by atoms with Gasteiger partial charge < -0.3 is 9.47 Å². The second kappa shape index (κ2) is 8.26. The maximum absolute atomic E-state index is 14.5. The molecule has 2 rings (SSSR count). The molecule has 0 atom stereocenters. The van der Waals surface area contributed by atoms with E-state index in [0.29, 0.717) is 4.47 Å². The molecule has 0 aromatic carbocycles. The minimum absolute atomic E-state index is 0.00270. The summed E-state index contributed by atoms with van der Waals surface area (Å²) >= 11 is 3.15. The number of ether oxygens (including phenoxy) is 2.